The topological polar surface area (TPSA) is 40.6 Å². The number of thiophene rings is 1. The van der Waals surface area contributed by atoms with Gasteiger partial charge in [0.1, 0.15) is 0 Å². The average Bonchev–Trinajstić information content (AvgIpc) is 3.08. The molecule has 2 amide bonds. The van der Waals surface area contributed by atoms with E-state index in [0.29, 0.717) is 26.1 Å². The third-order valence-electron chi connectivity index (χ3n) is 4.26. The molecule has 120 valence electrons. The molecule has 1 aliphatic heterocycles. The van der Waals surface area contributed by atoms with Crippen LogP contribution < -0.4 is 0 Å². The van der Waals surface area contributed by atoms with Crippen LogP contribution in [0.1, 0.15) is 24.1 Å². The van der Waals surface area contributed by atoms with Crippen LogP contribution in [0.25, 0.3) is 0 Å². The minimum atomic E-state index is -0.0612. The van der Waals surface area contributed by atoms with Gasteiger partial charge in [-0.2, -0.15) is 11.3 Å². The Morgan fingerprint density at radius 1 is 1.17 bits per heavy atom. The van der Waals surface area contributed by atoms with Crippen molar-refractivity contribution in [3.63, 3.8) is 0 Å². The summed E-state index contributed by atoms with van der Waals surface area (Å²) in [6, 6.07) is 11.9. The molecule has 1 aromatic carbocycles. The van der Waals surface area contributed by atoms with Crippen LogP contribution in [0.15, 0.2) is 47.2 Å². The molecule has 5 heteroatoms. The highest BCUT2D eigenvalue weighted by Crippen LogP contribution is 2.26. The third-order valence-corrected chi connectivity index (χ3v) is 4.99. The number of nitrogens with zero attached hydrogens (tertiary/aromatic N) is 2. The van der Waals surface area contributed by atoms with Crippen LogP contribution in [-0.2, 0) is 16.0 Å². The Morgan fingerprint density at radius 2 is 1.96 bits per heavy atom. The van der Waals surface area contributed by atoms with Crippen LogP contribution in [0.2, 0.25) is 0 Å². The first-order valence-electron chi connectivity index (χ1n) is 7.76. The molecule has 0 saturated carbocycles. The second-order valence-corrected chi connectivity index (χ2v) is 6.57. The average molecular weight is 328 g/mol. The van der Waals surface area contributed by atoms with Crippen molar-refractivity contribution < 1.29 is 9.59 Å². The van der Waals surface area contributed by atoms with E-state index in [1.165, 1.54) is 0 Å². The highest BCUT2D eigenvalue weighted by molar-refractivity contribution is 7.08. The molecular weight excluding hydrogens is 308 g/mol. The van der Waals surface area contributed by atoms with E-state index in [4.69, 9.17) is 0 Å². The maximum absolute atomic E-state index is 12.5. The number of hydrogen-bond donors (Lipinski definition) is 0. The first-order chi connectivity index (χ1) is 11.1. The highest BCUT2D eigenvalue weighted by atomic mass is 32.1. The fraction of sp³-hybridized carbons (Fsp3) is 0.333. The summed E-state index contributed by atoms with van der Waals surface area (Å²) in [6.45, 7) is 3.35. The Bertz CT molecular complexity index is 670. The van der Waals surface area contributed by atoms with E-state index in [-0.39, 0.29) is 17.9 Å². The number of carbonyl (C=O) groups excluding carboxylic acids is 2. The van der Waals surface area contributed by atoms with Crippen LogP contribution in [-0.4, -0.2) is 41.2 Å². The second-order valence-electron chi connectivity index (χ2n) is 5.79. The van der Waals surface area contributed by atoms with E-state index < -0.39 is 0 Å². The number of amides is 2. The molecule has 3 rings (SSSR count). The molecular formula is C18H20N2O2S. The summed E-state index contributed by atoms with van der Waals surface area (Å²) in [7, 11) is 0. The van der Waals surface area contributed by atoms with Crippen molar-refractivity contribution in [1.82, 2.24) is 9.80 Å². The van der Waals surface area contributed by atoms with Crippen LogP contribution >= 0.6 is 11.3 Å². The minimum absolute atomic E-state index is 0.0591. The predicted octanol–water partition coefficient (Wildman–Crippen LogP) is 2.72. The molecule has 1 aliphatic rings. The molecule has 1 atom stereocenters. The van der Waals surface area contributed by atoms with Crippen molar-refractivity contribution in [3.8, 4) is 0 Å². The first kappa shape index (κ1) is 15.7. The summed E-state index contributed by atoms with van der Waals surface area (Å²) in [5, 5.41) is 4.00. The Balaban J connectivity index is 1.75. The quantitative estimate of drug-likeness (QED) is 0.869. The molecule has 1 saturated heterocycles. The van der Waals surface area contributed by atoms with Crippen LogP contribution in [0.5, 0.6) is 0 Å². The maximum atomic E-state index is 12.5. The van der Waals surface area contributed by atoms with E-state index in [1.807, 2.05) is 57.0 Å². The van der Waals surface area contributed by atoms with E-state index in [1.54, 1.807) is 18.3 Å². The van der Waals surface area contributed by atoms with Gasteiger partial charge in [-0.05, 0) is 28.0 Å². The van der Waals surface area contributed by atoms with Crippen LogP contribution in [0.4, 0.5) is 0 Å². The number of piperazine rings is 1. The molecule has 2 heterocycles. The zero-order chi connectivity index (χ0) is 16.2. The molecule has 0 radical (unpaired) electrons. The van der Waals surface area contributed by atoms with Crippen LogP contribution in [0, 0.1) is 0 Å². The second kappa shape index (κ2) is 6.96. The van der Waals surface area contributed by atoms with E-state index in [2.05, 4.69) is 0 Å². The first-order valence-corrected chi connectivity index (χ1v) is 8.70. The third kappa shape index (κ3) is 3.62. The fourth-order valence-corrected chi connectivity index (χ4v) is 3.70. The lowest BCUT2D eigenvalue weighted by Crippen LogP contribution is -2.52. The lowest BCUT2D eigenvalue weighted by Gasteiger charge is -2.41. The normalized spacial score (nSPS) is 18.0. The van der Waals surface area contributed by atoms with Gasteiger partial charge < -0.3 is 9.80 Å². The van der Waals surface area contributed by atoms with Gasteiger partial charge in [-0.1, -0.05) is 30.3 Å². The van der Waals surface area contributed by atoms with Gasteiger partial charge in [-0.15, -0.1) is 0 Å². The molecule has 23 heavy (non-hydrogen) atoms. The summed E-state index contributed by atoms with van der Waals surface area (Å²) in [5.41, 5.74) is 2.14. The summed E-state index contributed by atoms with van der Waals surface area (Å²) >= 11 is 1.61. The van der Waals surface area contributed by atoms with E-state index >= 15 is 0 Å². The molecule has 2 aromatic rings. The van der Waals surface area contributed by atoms with E-state index in [9.17, 15) is 9.59 Å². The molecule has 0 spiro atoms. The SMILES string of the molecule is CC(=O)N1CCN(C(=O)Cc2ccsc2)CC1c1ccccc1. The maximum Gasteiger partial charge on any atom is 0.227 e. The Kier molecular flexibility index (Phi) is 4.76. The van der Waals surface area contributed by atoms with Crippen LogP contribution in [0.3, 0.4) is 0 Å². The minimum Gasteiger partial charge on any atom is -0.338 e. The van der Waals surface area contributed by atoms with Crippen molar-refractivity contribution in [2.45, 2.75) is 19.4 Å². The number of hydrogen-bond acceptors (Lipinski definition) is 3. The molecule has 1 aromatic heterocycles. The zero-order valence-corrected chi connectivity index (χ0v) is 14.0. The van der Waals surface area contributed by atoms with E-state index in [0.717, 1.165) is 11.1 Å². The summed E-state index contributed by atoms with van der Waals surface area (Å²) in [5.74, 6) is 0.191. The standard InChI is InChI=1S/C18H20N2O2S/c1-14(21)20-9-8-19(18(22)11-15-7-10-23-13-15)12-17(20)16-5-3-2-4-6-16/h2-7,10,13,17H,8-9,11-12H2,1H3. The molecule has 0 N–H and O–H groups in total. The summed E-state index contributed by atoms with van der Waals surface area (Å²) in [6.07, 6.45) is 0.436. The monoisotopic (exact) mass is 328 g/mol. The summed E-state index contributed by atoms with van der Waals surface area (Å²) < 4.78 is 0. The smallest absolute Gasteiger partial charge is 0.227 e. The van der Waals surface area contributed by atoms with Gasteiger partial charge in [-0.3, -0.25) is 9.59 Å². The lowest BCUT2D eigenvalue weighted by molar-refractivity contribution is -0.141. The molecule has 1 unspecified atom stereocenters. The summed E-state index contributed by atoms with van der Waals surface area (Å²) in [4.78, 5) is 28.2. The zero-order valence-electron chi connectivity index (χ0n) is 13.1. The van der Waals surface area contributed by atoms with Gasteiger partial charge in [0.25, 0.3) is 0 Å². The molecule has 1 fully saturated rings. The van der Waals surface area contributed by atoms with Gasteiger partial charge in [0.15, 0.2) is 0 Å². The fourth-order valence-electron chi connectivity index (χ4n) is 3.03. The van der Waals surface area contributed by atoms with Crippen molar-refractivity contribution >= 4 is 23.2 Å². The largest absolute Gasteiger partial charge is 0.338 e. The van der Waals surface area contributed by atoms with Gasteiger partial charge >= 0.3 is 0 Å². The van der Waals surface area contributed by atoms with Crippen molar-refractivity contribution in [1.29, 1.82) is 0 Å². The Labute approximate surface area is 140 Å². The molecule has 0 bridgehead atoms. The van der Waals surface area contributed by atoms with Gasteiger partial charge in [0, 0.05) is 26.6 Å². The number of benzene rings is 1. The molecule has 0 aliphatic carbocycles. The van der Waals surface area contributed by atoms with Crippen molar-refractivity contribution in [3.05, 3.63) is 58.3 Å². The van der Waals surface area contributed by atoms with Gasteiger partial charge in [-0.25, -0.2) is 0 Å². The lowest BCUT2D eigenvalue weighted by atomic mass is 10.0. The number of rotatable bonds is 3. The van der Waals surface area contributed by atoms with Crippen molar-refractivity contribution in [2.75, 3.05) is 19.6 Å². The number of carbonyl (C=O) groups is 2. The molecule has 4 nitrogen and oxygen atoms in total. The predicted molar refractivity (Wildman–Crippen MR) is 91.2 cm³/mol. The Morgan fingerprint density at radius 3 is 2.61 bits per heavy atom. The Hall–Kier alpha value is -2.14. The van der Waals surface area contributed by atoms with Gasteiger partial charge in [0.05, 0.1) is 12.5 Å². The highest BCUT2D eigenvalue weighted by Gasteiger charge is 2.31. The van der Waals surface area contributed by atoms with Gasteiger partial charge in [0.2, 0.25) is 11.8 Å². The van der Waals surface area contributed by atoms with Crippen molar-refractivity contribution in [2.24, 2.45) is 0 Å².